The zero-order valence-corrected chi connectivity index (χ0v) is 38.1. The maximum atomic E-state index is 10.2. The van der Waals surface area contributed by atoms with Crippen LogP contribution in [-0.4, -0.2) is 0 Å². The highest BCUT2D eigenvalue weighted by molar-refractivity contribution is 7.25. The molecule has 1 heterocycles. The Morgan fingerprint density at radius 2 is 0.638 bits per heavy atom. The van der Waals surface area contributed by atoms with Crippen LogP contribution in [0.4, 0.5) is 34.1 Å². The molecule has 0 spiro atoms. The molecule has 11 aromatic carbocycles. The molecule has 2 nitrogen and oxygen atoms in total. The van der Waals surface area contributed by atoms with Gasteiger partial charge in [-0.25, -0.2) is 0 Å². The van der Waals surface area contributed by atoms with E-state index in [2.05, 4.69) is 36.4 Å². The summed E-state index contributed by atoms with van der Waals surface area (Å²) < 4.78 is 79.7. The molecule has 0 aliphatic carbocycles. The first kappa shape index (κ1) is 33.7. The SMILES string of the molecule is [2H]c1c([2H])c(-c2c([2H])c([2H])c([2H])c(N(c3ccc(-c4ccccc4)cc3)c3ccc(-c4cccc5sc6ccccc6c45)cc3)c2[2H])c([2H])c(N(c2ccc(-c3ccccc3)cc2)c2ccc(-c3ccccc3)cc2)c1[2H]. The summed E-state index contributed by atoms with van der Waals surface area (Å²) in [6.07, 6.45) is 0. The van der Waals surface area contributed by atoms with Crippen LogP contribution in [0.15, 0.2) is 279 Å². The third-order valence-electron chi connectivity index (χ3n) is 12.5. The van der Waals surface area contributed by atoms with Gasteiger partial charge < -0.3 is 9.80 Å². The molecule has 0 radical (unpaired) electrons. The first-order valence-corrected chi connectivity index (χ1v) is 23.7. The monoisotopic (exact) mass is 906 g/mol. The lowest BCUT2D eigenvalue weighted by Crippen LogP contribution is -2.10. The van der Waals surface area contributed by atoms with E-state index >= 15 is 0 Å². The quantitative estimate of drug-likeness (QED) is 0.128. The first-order chi connectivity index (χ1) is 37.5. The highest BCUT2D eigenvalue weighted by Gasteiger charge is 2.18. The molecule has 0 amide bonds. The van der Waals surface area contributed by atoms with Crippen LogP contribution in [-0.2, 0) is 0 Å². The van der Waals surface area contributed by atoms with E-state index < -0.39 is 36.3 Å². The Morgan fingerprint density at radius 3 is 1.07 bits per heavy atom. The van der Waals surface area contributed by atoms with Crippen molar-refractivity contribution in [1.29, 1.82) is 0 Å². The molecule has 326 valence electrons. The van der Waals surface area contributed by atoms with Gasteiger partial charge in [-0.3, -0.25) is 0 Å². The largest absolute Gasteiger partial charge is 0.310 e. The molecule has 0 N–H and O–H groups in total. The van der Waals surface area contributed by atoms with Gasteiger partial charge in [0.25, 0.3) is 0 Å². The number of anilines is 6. The topological polar surface area (TPSA) is 6.48 Å². The van der Waals surface area contributed by atoms with Gasteiger partial charge in [0.05, 0.1) is 11.0 Å². The van der Waals surface area contributed by atoms with E-state index in [1.54, 1.807) is 21.1 Å². The van der Waals surface area contributed by atoms with E-state index in [0.717, 1.165) is 49.9 Å². The molecule has 0 atom stereocenters. The number of benzene rings is 11. The molecule has 12 aromatic rings. The average Bonchev–Trinajstić information content (AvgIpc) is 3.95. The van der Waals surface area contributed by atoms with Gasteiger partial charge in [-0.1, -0.05) is 194 Å². The zero-order valence-electron chi connectivity index (χ0n) is 45.2. The molecule has 0 saturated carbocycles. The predicted molar refractivity (Wildman–Crippen MR) is 296 cm³/mol. The van der Waals surface area contributed by atoms with Crippen LogP contribution in [0.25, 0.3) is 75.8 Å². The van der Waals surface area contributed by atoms with E-state index in [1.807, 2.05) is 194 Å². The van der Waals surface area contributed by atoms with E-state index in [4.69, 9.17) is 0 Å². The number of rotatable bonds is 11. The van der Waals surface area contributed by atoms with Crippen molar-refractivity contribution < 1.29 is 11.0 Å². The lowest BCUT2D eigenvalue weighted by molar-refractivity contribution is 1.28. The average molecular weight is 907 g/mol. The van der Waals surface area contributed by atoms with E-state index in [1.165, 1.54) is 14.8 Å². The predicted octanol–water partition coefficient (Wildman–Crippen LogP) is 19.3. The smallest absolute Gasteiger partial charge is 0.0651 e. The van der Waals surface area contributed by atoms with Crippen molar-refractivity contribution in [2.75, 3.05) is 9.80 Å². The third-order valence-corrected chi connectivity index (χ3v) is 13.6. The van der Waals surface area contributed by atoms with Gasteiger partial charge in [-0.2, -0.15) is 0 Å². The van der Waals surface area contributed by atoms with Crippen LogP contribution >= 0.6 is 11.3 Å². The summed E-state index contributed by atoms with van der Waals surface area (Å²) in [5.41, 5.74) is 9.52. The van der Waals surface area contributed by atoms with Gasteiger partial charge in [-0.15, -0.1) is 11.3 Å². The van der Waals surface area contributed by atoms with E-state index in [0.29, 0.717) is 22.7 Å². The molecule has 0 aliphatic heterocycles. The second-order valence-corrected chi connectivity index (χ2v) is 17.8. The van der Waals surface area contributed by atoms with Crippen LogP contribution in [0, 0.1) is 0 Å². The maximum Gasteiger partial charge on any atom is 0.0651 e. The molecule has 0 fully saturated rings. The lowest BCUT2D eigenvalue weighted by Gasteiger charge is -2.27. The number of hydrogen-bond acceptors (Lipinski definition) is 3. The van der Waals surface area contributed by atoms with Crippen LogP contribution in [0.5, 0.6) is 0 Å². The Labute approximate surface area is 419 Å². The van der Waals surface area contributed by atoms with Gasteiger partial charge >= 0.3 is 0 Å². The van der Waals surface area contributed by atoms with Crippen LogP contribution < -0.4 is 9.80 Å². The van der Waals surface area contributed by atoms with Gasteiger partial charge in [0.2, 0.25) is 0 Å². The standard InChI is InChI=1S/C66H46N2S/c1-4-15-47(16-5-1)50-29-37-56(38-30-50)67(57-39-31-51(32-40-57)48-17-6-2-7-18-48)60-23-12-21-54(45-60)55-22-13-24-61(46-55)68(58-41-33-52(34-42-58)49-19-8-3-9-20-49)59-43-35-53(36-44-59)62-26-14-28-65-66(62)63-25-10-11-27-64(63)69-65/h1-46H/i12D,13D,21D,22D,23D,24D,45D,46D. The second-order valence-electron chi connectivity index (χ2n) is 16.7. The van der Waals surface area contributed by atoms with Gasteiger partial charge in [0, 0.05) is 54.3 Å². The molecule has 0 saturated heterocycles. The molecular weight excluding hydrogens is 853 g/mol. The Morgan fingerprint density at radius 1 is 0.275 bits per heavy atom. The van der Waals surface area contributed by atoms with Crippen LogP contribution in [0.3, 0.4) is 0 Å². The van der Waals surface area contributed by atoms with Crippen molar-refractivity contribution in [2.45, 2.75) is 0 Å². The molecular formula is C66H46N2S. The molecule has 12 rings (SSSR count). The summed E-state index contributed by atoms with van der Waals surface area (Å²) in [7, 11) is 0. The lowest BCUT2D eigenvalue weighted by atomic mass is 9.99. The van der Waals surface area contributed by atoms with Crippen LogP contribution in [0.1, 0.15) is 11.0 Å². The van der Waals surface area contributed by atoms with Crippen molar-refractivity contribution in [1.82, 2.24) is 0 Å². The summed E-state index contributed by atoms with van der Waals surface area (Å²) in [6, 6.07) is 71.8. The summed E-state index contributed by atoms with van der Waals surface area (Å²) in [5, 5.41) is 2.32. The summed E-state index contributed by atoms with van der Waals surface area (Å²) in [6.45, 7) is 0. The highest BCUT2D eigenvalue weighted by atomic mass is 32.1. The Kier molecular flexibility index (Phi) is 9.02. The second kappa shape index (κ2) is 18.5. The van der Waals surface area contributed by atoms with Crippen molar-refractivity contribution in [3.63, 3.8) is 0 Å². The van der Waals surface area contributed by atoms with Crippen molar-refractivity contribution in [3.05, 3.63) is 279 Å². The molecule has 0 bridgehead atoms. The van der Waals surface area contributed by atoms with E-state index in [9.17, 15) is 11.0 Å². The van der Waals surface area contributed by atoms with E-state index in [-0.39, 0.29) is 34.6 Å². The zero-order chi connectivity index (χ0) is 52.9. The number of thiophene rings is 1. The fraction of sp³-hybridized carbons (Fsp3) is 0. The Balaban J connectivity index is 1.04. The van der Waals surface area contributed by atoms with Gasteiger partial charge in [0.1, 0.15) is 0 Å². The Hall–Kier alpha value is -8.76. The maximum absolute atomic E-state index is 10.2. The minimum atomic E-state index is -0.536. The normalized spacial score (nSPS) is 12.8. The van der Waals surface area contributed by atoms with Crippen molar-refractivity contribution in [3.8, 4) is 55.6 Å². The fourth-order valence-corrected chi connectivity index (χ4v) is 10.2. The summed E-state index contributed by atoms with van der Waals surface area (Å²) >= 11 is 1.75. The van der Waals surface area contributed by atoms with Gasteiger partial charge in [0.15, 0.2) is 0 Å². The molecule has 0 aliphatic rings. The summed E-state index contributed by atoms with van der Waals surface area (Å²) in [4.78, 5) is 3.44. The fourth-order valence-electron chi connectivity index (χ4n) is 9.06. The molecule has 69 heavy (non-hydrogen) atoms. The molecule has 0 unspecified atom stereocenters. The minimum Gasteiger partial charge on any atom is -0.310 e. The minimum absolute atomic E-state index is 0.0416. The Bertz CT molecular complexity index is 4070. The number of hydrogen-bond donors (Lipinski definition) is 0. The van der Waals surface area contributed by atoms with Crippen molar-refractivity contribution >= 4 is 65.6 Å². The first-order valence-electron chi connectivity index (χ1n) is 26.8. The number of nitrogens with zero attached hydrogens (tertiary/aromatic N) is 2. The highest BCUT2D eigenvalue weighted by Crippen LogP contribution is 2.43. The number of fused-ring (bicyclic) bond motifs is 3. The molecule has 3 heteroatoms. The van der Waals surface area contributed by atoms with Gasteiger partial charge in [-0.05, 0) is 140 Å². The summed E-state index contributed by atoms with van der Waals surface area (Å²) in [5.74, 6) is 0. The molecule has 1 aromatic heterocycles. The van der Waals surface area contributed by atoms with Crippen molar-refractivity contribution in [2.24, 2.45) is 0 Å². The van der Waals surface area contributed by atoms with Crippen LogP contribution in [0.2, 0.25) is 0 Å². The third kappa shape index (κ3) is 8.37.